The van der Waals surface area contributed by atoms with Gasteiger partial charge in [-0.05, 0) is 41.3 Å². The van der Waals surface area contributed by atoms with Gasteiger partial charge in [0.05, 0.1) is 33.1 Å². The summed E-state index contributed by atoms with van der Waals surface area (Å²) in [5.74, 6) is 0.910. The minimum Gasteiger partial charge on any atom is -0.493 e. The molecule has 0 aliphatic heterocycles. The van der Waals surface area contributed by atoms with Gasteiger partial charge in [-0.3, -0.25) is 4.79 Å². The average molecular weight is 515 g/mol. The maximum Gasteiger partial charge on any atom is 0.343 e. The lowest BCUT2D eigenvalue weighted by Crippen LogP contribution is -2.24. The largest absolute Gasteiger partial charge is 0.493 e. The number of hydrogen-bond acceptors (Lipinski definition) is 8. The van der Waals surface area contributed by atoms with E-state index in [4.69, 9.17) is 23.7 Å². The summed E-state index contributed by atoms with van der Waals surface area (Å²) in [6.07, 6.45) is 1.44. The topological polar surface area (TPSA) is 105 Å². The summed E-state index contributed by atoms with van der Waals surface area (Å²) in [6.45, 7) is -0.197. The van der Waals surface area contributed by atoms with Gasteiger partial charge in [-0.1, -0.05) is 48.5 Å². The molecule has 0 aliphatic carbocycles. The van der Waals surface area contributed by atoms with E-state index in [-0.39, 0.29) is 12.2 Å². The van der Waals surface area contributed by atoms with Crippen LogP contribution in [-0.2, 0) is 4.79 Å². The number of hydrazone groups is 1. The Balaban J connectivity index is 1.36. The molecule has 0 atom stereocenters. The van der Waals surface area contributed by atoms with Gasteiger partial charge in [0, 0.05) is 5.39 Å². The fourth-order valence-corrected chi connectivity index (χ4v) is 3.70. The Morgan fingerprint density at radius 3 is 2.26 bits per heavy atom. The minimum absolute atomic E-state index is 0.197. The van der Waals surface area contributed by atoms with Crippen LogP contribution in [0.2, 0.25) is 0 Å². The molecule has 0 saturated carbocycles. The van der Waals surface area contributed by atoms with Gasteiger partial charge in [0.1, 0.15) is 11.5 Å². The van der Waals surface area contributed by atoms with Crippen LogP contribution in [0.5, 0.6) is 28.7 Å². The molecular formula is C29H26N2O7. The lowest BCUT2D eigenvalue weighted by Gasteiger charge is -2.13. The molecule has 9 heteroatoms. The molecular weight excluding hydrogens is 488 g/mol. The van der Waals surface area contributed by atoms with Gasteiger partial charge in [0.25, 0.3) is 5.91 Å². The maximum atomic E-state index is 12.8. The number of carbonyl (C=O) groups is 2. The molecule has 194 valence electrons. The highest BCUT2D eigenvalue weighted by atomic mass is 16.5. The summed E-state index contributed by atoms with van der Waals surface area (Å²) >= 11 is 0. The van der Waals surface area contributed by atoms with E-state index in [9.17, 15) is 9.59 Å². The highest BCUT2D eigenvalue weighted by molar-refractivity contribution is 5.93. The van der Waals surface area contributed by atoms with E-state index in [0.717, 1.165) is 10.8 Å². The van der Waals surface area contributed by atoms with Crippen LogP contribution in [0, 0.1) is 0 Å². The normalized spacial score (nSPS) is 10.7. The molecule has 0 radical (unpaired) electrons. The number of amides is 1. The summed E-state index contributed by atoms with van der Waals surface area (Å²) in [7, 11) is 4.40. The van der Waals surface area contributed by atoms with Crippen LogP contribution in [0.15, 0.2) is 84.0 Å². The van der Waals surface area contributed by atoms with Crippen molar-refractivity contribution in [1.29, 1.82) is 0 Å². The lowest BCUT2D eigenvalue weighted by atomic mass is 10.1. The zero-order valence-corrected chi connectivity index (χ0v) is 21.1. The average Bonchev–Trinajstić information content (AvgIpc) is 2.95. The number of carbonyl (C=O) groups excluding carboxylic acids is 2. The van der Waals surface area contributed by atoms with E-state index >= 15 is 0 Å². The lowest BCUT2D eigenvalue weighted by molar-refractivity contribution is -0.123. The predicted octanol–water partition coefficient (Wildman–Crippen LogP) is 4.61. The number of methoxy groups -OCH3 is 3. The number of nitrogens with one attached hydrogen (secondary N) is 1. The Kier molecular flexibility index (Phi) is 8.40. The highest BCUT2D eigenvalue weighted by Crippen LogP contribution is 2.38. The van der Waals surface area contributed by atoms with E-state index in [2.05, 4.69) is 10.5 Å². The van der Waals surface area contributed by atoms with Crippen LogP contribution in [0.4, 0.5) is 0 Å². The molecule has 4 rings (SSSR count). The number of benzene rings is 4. The van der Waals surface area contributed by atoms with E-state index in [1.54, 1.807) is 24.3 Å². The molecule has 0 spiro atoms. The minimum atomic E-state index is -0.614. The Bertz CT molecular complexity index is 1450. The zero-order valence-electron chi connectivity index (χ0n) is 21.1. The van der Waals surface area contributed by atoms with Gasteiger partial charge in [-0.2, -0.15) is 5.10 Å². The summed E-state index contributed by atoms with van der Waals surface area (Å²) in [5, 5.41) is 5.91. The van der Waals surface area contributed by atoms with Gasteiger partial charge in [-0.25, -0.2) is 10.2 Å². The first kappa shape index (κ1) is 26.0. The van der Waals surface area contributed by atoms with Crippen molar-refractivity contribution >= 4 is 28.9 Å². The van der Waals surface area contributed by atoms with Crippen LogP contribution in [0.3, 0.4) is 0 Å². The quantitative estimate of drug-likeness (QED) is 0.143. The molecule has 9 nitrogen and oxygen atoms in total. The maximum absolute atomic E-state index is 12.8. The number of hydrogen-bond donors (Lipinski definition) is 1. The SMILES string of the molecule is COc1cc(C(=O)Oc2cccc(/C=N\NC(=O)COc3cccc4ccccc34)c2)cc(OC)c1OC. The molecule has 0 aliphatic rings. The van der Waals surface area contributed by atoms with E-state index in [1.807, 2.05) is 42.5 Å². The Hall–Kier alpha value is -5.05. The van der Waals surface area contributed by atoms with Gasteiger partial charge in [-0.15, -0.1) is 0 Å². The number of nitrogens with zero attached hydrogens (tertiary/aromatic N) is 1. The second-order valence-electron chi connectivity index (χ2n) is 7.94. The molecule has 0 fully saturated rings. The molecule has 38 heavy (non-hydrogen) atoms. The van der Waals surface area contributed by atoms with Crippen molar-refractivity contribution in [3.8, 4) is 28.7 Å². The fraction of sp³-hybridized carbons (Fsp3) is 0.138. The Labute approximate surface area is 219 Å². The summed E-state index contributed by atoms with van der Waals surface area (Å²) < 4.78 is 27.0. The van der Waals surface area contributed by atoms with Crippen LogP contribution in [0.1, 0.15) is 15.9 Å². The third kappa shape index (κ3) is 6.19. The van der Waals surface area contributed by atoms with E-state index < -0.39 is 11.9 Å². The molecule has 0 aromatic heterocycles. The molecule has 0 bridgehead atoms. The van der Waals surface area contributed by atoms with Crippen molar-refractivity contribution in [2.24, 2.45) is 5.10 Å². The molecule has 0 saturated heterocycles. The van der Waals surface area contributed by atoms with Crippen molar-refractivity contribution in [1.82, 2.24) is 5.43 Å². The number of ether oxygens (including phenoxy) is 5. The standard InChI is InChI=1S/C29H26N2O7/c1-34-25-15-21(16-26(35-2)28(25)36-3)29(33)38-22-11-6-8-19(14-22)17-30-31-27(32)18-37-24-13-7-10-20-9-4-5-12-23(20)24/h4-17H,18H2,1-3H3,(H,31,32)/b30-17-. The van der Waals surface area contributed by atoms with Gasteiger partial charge in [0.2, 0.25) is 5.75 Å². The first-order chi connectivity index (χ1) is 18.5. The Morgan fingerprint density at radius 1 is 0.816 bits per heavy atom. The van der Waals surface area contributed by atoms with Gasteiger partial charge in [0.15, 0.2) is 18.1 Å². The molecule has 4 aromatic carbocycles. The number of rotatable bonds is 10. The zero-order chi connectivity index (χ0) is 26.9. The smallest absolute Gasteiger partial charge is 0.343 e. The van der Waals surface area contributed by atoms with E-state index in [0.29, 0.717) is 34.3 Å². The van der Waals surface area contributed by atoms with Crippen molar-refractivity contribution in [2.45, 2.75) is 0 Å². The van der Waals surface area contributed by atoms with Gasteiger partial charge < -0.3 is 23.7 Å². The van der Waals surface area contributed by atoms with Crippen molar-refractivity contribution in [3.05, 3.63) is 90.0 Å². The molecule has 1 amide bonds. The molecule has 0 heterocycles. The van der Waals surface area contributed by atoms with Crippen molar-refractivity contribution < 1.29 is 33.3 Å². The van der Waals surface area contributed by atoms with Crippen LogP contribution in [-0.4, -0.2) is 46.0 Å². The second kappa shape index (κ2) is 12.3. The van der Waals surface area contributed by atoms with Crippen molar-refractivity contribution in [3.63, 3.8) is 0 Å². The van der Waals surface area contributed by atoms with E-state index in [1.165, 1.54) is 39.7 Å². The highest BCUT2D eigenvalue weighted by Gasteiger charge is 2.18. The second-order valence-corrected chi connectivity index (χ2v) is 7.94. The number of esters is 1. The summed E-state index contributed by atoms with van der Waals surface area (Å²) in [5.41, 5.74) is 3.26. The summed E-state index contributed by atoms with van der Waals surface area (Å²) in [4.78, 5) is 25.0. The Morgan fingerprint density at radius 2 is 1.53 bits per heavy atom. The molecule has 1 N–H and O–H groups in total. The molecule has 0 unspecified atom stereocenters. The third-order valence-electron chi connectivity index (χ3n) is 5.48. The first-order valence-corrected chi connectivity index (χ1v) is 11.6. The van der Waals surface area contributed by atoms with Crippen LogP contribution >= 0.6 is 0 Å². The first-order valence-electron chi connectivity index (χ1n) is 11.6. The van der Waals surface area contributed by atoms with Crippen LogP contribution in [0.25, 0.3) is 10.8 Å². The van der Waals surface area contributed by atoms with Crippen LogP contribution < -0.4 is 29.1 Å². The third-order valence-corrected chi connectivity index (χ3v) is 5.48. The summed E-state index contributed by atoms with van der Waals surface area (Å²) in [6, 6.07) is 23.1. The predicted molar refractivity (Wildman–Crippen MR) is 143 cm³/mol. The van der Waals surface area contributed by atoms with Crippen molar-refractivity contribution in [2.75, 3.05) is 27.9 Å². The van der Waals surface area contributed by atoms with Gasteiger partial charge >= 0.3 is 5.97 Å². The monoisotopic (exact) mass is 514 g/mol. The number of fused-ring (bicyclic) bond motifs is 1. The fourth-order valence-electron chi connectivity index (χ4n) is 3.70. The molecule has 4 aromatic rings.